The lowest BCUT2D eigenvalue weighted by atomic mass is 10.2. The third-order valence-electron chi connectivity index (χ3n) is 2.94. The van der Waals surface area contributed by atoms with Gasteiger partial charge in [0.05, 0.1) is 19.8 Å². The predicted octanol–water partition coefficient (Wildman–Crippen LogP) is 2.34. The van der Waals surface area contributed by atoms with Gasteiger partial charge >= 0.3 is 0 Å². The molecule has 1 aliphatic rings. The van der Waals surface area contributed by atoms with E-state index in [-0.39, 0.29) is 18.3 Å². The summed E-state index contributed by atoms with van der Waals surface area (Å²) in [5.74, 6) is -0.0118. The van der Waals surface area contributed by atoms with Crippen LogP contribution in [0.3, 0.4) is 0 Å². The van der Waals surface area contributed by atoms with E-state index in [0.717, 1.165) is 24.3 Å². The van der Waals surface area contributed by atoms with Crippen molar-refractivity contribution in [1.82, 2.24) is 4.90 Å². The van der Waals surface area contributed by atoms with Gasteiger partial charge in [0, 0.05) is 23.8 Å². The van der Waals surface area contributed by atoms with Crippen molar-refractivity contribution < 1.29 is 9.53 Å². The molecule has 106 valence electrons. The zero-order valence-corrected chi connectivity index (χ0v) is 12.4. The van der Waals surface area contributed by atoms with Crippen LogP contribution < -0.4 is 5.32 Å². The fourth-order valence-electron chi connectivity index (χ4n) is 1.88. The van der Waals surface area contributed by atoms with E-state index in [4.69, 9.17) is 16.3 Å². The second-order valence-electron chi connectivity index (χ2n) is 4.40. The largest absolute Gasteiger partial charge is 0.379 e. The summed E-state index contributed by atoms with van der Waals surface area (Å²) in [6.45, 7) is 5.35. The summed E-state index contributed by atoms with van der Waals surface area (Å²) in [4.78, 5) is 14.0. The molecule has 0 aromatic heterocycles. The Morgan fingerprint density at radius 2 is 2.11 bits per heavy atom. The van der Waals surface area contributed by atoms with Gasteiger partial charge in [-0.25, -0.2) is 0 Å². The molecule has 2 rings (SSSR count). The number of nitrogens with one attached hydrogen (secondary N) is 1. The molecule has 0 bridgehead atoms. The van der Waals surface area contributed by atoms with Gasteiger partial charge in [-0.3, -0.25) is 9.69 Å². The van der Waals surface area contributed by atoms with Crippen molar-refractivity contribution in [2.45, 2.75) is 6.92 Å². The summed E-state index contributed by atoms with van der Waals surface area (Å²) < 4.78 is 5.24. The van der Waals surface area contributed by atoms with Gasteiger partial charge in [0.2, 0.25) is 5.91 Å². The standard InChI is InChI=1S/C13H17ClN2O2.ClH/c1-10-2-3-11(14)8-12(10)15-13(17)9-16-4-6-18-7-5-16;/h2-3,8H,4-7,9H2,1H3,(H,15,17);1H. The number of rotatable bonds is 3. The lowest BCUT2D eigenvalue weighted by Gasteiger charge is -2.25. The van der Waals surface area contributed by atoms with Gasteiger partial charge in [-0.2, -0.15) is 0 Å². The number of hydrogen-bond acceptors (Lipinski definition) is 3. The van der Waals surface area contributed by atoms with Crippen molar-refractivity contribution in [3.8, 4) is 0 Å². The maximum Gasteiger partial charge on any atom is 0.238 e. The van der Waals surface area contributed by atoms with E-state index >= 15 is 0 Å². The van der Waals surface area contributed by atoms with Gasteiger partial charge in [0.15, 0.2) is 0 Å². The van der Waals surface area contributed by atoms with Crippen LogP contribution in [0.25, 0.3) is 0 Å². The van der Waals surface area contributed by atoms with Crippen LogP contribution in [0.15, 0.2) is 18.2 Å². The Hall–Kier alpha value is -0.810. The molecule has 19 heavy (non-hydrogen) atoms. The topological polar surface area (TPSA) is 41.6 Å². The molecule has 6 heteroatoms. The maximum atomic E-state index is 11.9. The molecule has 1 aliphatic heterocycles. The van der Waals surface area contributed by atoms with Crippen LogP contribution in [0.1, 0.15) is 5.56 Å². The molecule has 1 N–H and O–H groups in total. The third-order valence-corrected chi connectivity index (χ3v) is 3.18. The first-order valence-corrected chi connectivity index (χ1v) is 6.39. The molecular weight excluding hydrogens is 287 g/mol. The Morgan fingerprint density at radius 3 is 2.79 bits per heavy atom. The van der Waals surface area contributed by atoms with Crippen molar-refractivity contribution >= 4 is 35.6 Å². The highest BCUT2D eigenvalue weighted by Crippen LogP contribution is 2.20. The smallest absolute Gasteiger partial charge is 0.238 e. The zero-order chi connectivity index (χ0) is 13.0. The summed E-state index contributed by atoms with van der Waals surface area (Å²) in [5.41, 5.74) is 1.79. The molecule has 1 aromatic rings. The van der Waals surface area contributed by atoms with Crippen molar-refractivity contribution in [2.75, 3.05) is 38.2 Å². The number of aryl methyl sites for hydroxylation is 1. The number of halogens is 2. The van der Waals surface area contributed by atoms with E-state index in [9.17, 15) is 4.79 Å². The van der Waals surface area contributed by atoms with Gasteiger partial charge in [-0.1, -0.05) is 17.7 Å². The number of carbonyl (C=O) groups is 1. The number of nitrogens with zero attached hydrogens (tertiary/aromatic N) is 1. The van der Waals surface area contributed by atoms with Crippen LogP contribution in [0, 0.1) is 6.92 Å². The highest BCUT2D eigenvalue weighted by Gasteiger charge is 2.14. The number of carbonyl (C=O) groups excluding carboxylic acids is 1. The van der Waals surface area contributed by atoms with E-state index in [0.29, 0.717) is 24.8 Å². The highest BCUT2D eigenvalue weighted by atomic mass is 35.5. The summed E-state index contributed by atoms with van der Waals surface area (Å²) in [6.07, 6.45) is 0. The summed E-state index contributed by atoms with van der Waals surface area (Å²) in [7, 11) is 0. The van der Waals surface area contributed by atoms with E-state index in [1.165, 1.54) is 0 Å². The van der Waals surface area contributed by atoms with E-state index in [2.05, 4.69) is 10.2 Å². The normalized spacial score (nSPS) is 15.7. The SMILES string of the molecule is Cc1ccc(Cl)cc1NC(=O)CN1CCOCC1.Cl. The molecule has 1 heterocycles. The molecule has 0 saturated carbocycles. The minimum absolute atomic E-state index is 0. The maximum absolute atomic E-state index is 11.9. The van der Waals surface area contributed by atoms with Crippen molar-refractivity contribution in [1.29, 1.82) is 0 Å². The second-order valence-corrected chi connectivity index (χ2v) is 4.83. The van der Waals surface area contributed by atoms with Gasteiger partial charge in [-0.05, 0) is 24.6 Å². The fraction of sp³-hybridized carbons (Fsp3) is 0.462. The van der Waals surface area contributed by atoms with E-state index in [1.807, 2.05) is 19.1 Å². The van der Waals surface area contributed by atoms with Crippen LogP contribution >= 0.6 is 24.0 Å². The minimum atomic E-state index is -0.0118. The molecule has 4 nitrogen and oxygen atoms in total. The molecule has 1 aromatic carbocycles. The molecule has 0 spiro atoms. The minimum Gasteiger partial charge on any atom is -0.379 e. The number of anilines is 1. The fourth-order valence-corrected chi connectivity index (χ4v) is 2.05. The first-order chi connectivity index (χ1) is 8.65. The second kappa shape index (κ2) is 7.70. The molecule has 1 amide bonds. The molecule has 1 saturated heterocycles. The van der Waals surface area contributed by atoms with Crippen LogP contribution in [0.2, 0.25) is 5.02 Å². The lowest BCUT2D eigenvalue weighted by Crippen LogP contribution is -2.41. The van der Waals surface area contributed by atoms with Crippen LogP contribution in [0.5, 0.6) is 0 Å². The van der Waals surface area contributed by atoms with E-state index in [1.54, 1.807) is 6.07 Å². The highest BCUT2D eigenvalue weighted by molar-refractivity contribution is 6.31. The summed E-state index contributed by atoms with van der Waals surface area (Å²) in [6, 6.07) is 5.48. The van der Waals surface area contributed by atoms with Crippen LogP contribution in [-0.2, 0) is 9.53 Å². The molecule has 0 atom stereocenters. The van der Waals surface area contributed by atoms with Crippen LogP contribution in [0.4, 0.5) is 5.69 Å². The third kappa shape index (κ3) is 4.99. The van der Waals surface area contributed by atoms with Crippen molar-refractivity contribution in [2.24, 2.45) is 0 Å². The Balaban J connectivity index is 0.00000180. The van der Waals surface area contributed by atoms with Gasteiger partial charge < -0.3 is 10.1 Å². The first-order valence-electron chi connectivity index (χ1n) is 6.01. The zero-order valence-electron chi connectivity index (χ0n) is 10.8. The van der Waals surface area contributed by atoms with E-state index < -0.39 is 0 Å². The van der Waals surface area contributed by atoms with Gasteiger partial charge in [0.1, 0.15) is 0 Å². The Bertz CT molecular complexity index is 435. The van der Waals surface area contributed by atoms with Gasteiger partial charge in [0.25, 0.3) is 0 Å². The molecule has 0 aliphatic carbocycles. The molecule has 0 radical (unpaired) electrons. The lowest BCUT2D eigenvalue weighted by molar-refractivity contribution is -0.118. The average molecular weight is 305 g/mol. The Labute approximate surface area is 124 Å². The summed E-state index contributed by atoms with van der Waals surface area (Å²) >= 11 is 5.91. The Kier molecular flexibility index (Phi) is 6.58. The number of morpholine rings is 1. The molecular formula is C13H18Cl2N2O2. The van der Waals surface area contributed by atoms with Crippen molar-refractivity contribution in [3.63, 3.8) is 0 Å². The number of amides is 1. The van der Waals surface area contributed by atoms with Crippen molar-refractivity contribution in [3.05, 3.63) is 28.8 Å². The summed E-state index contributed by atoms with van der Waals surface area (Å²) in [5, 5.41) is 3.52. The number of benzene rings is 1. The molecule has 1 fully saturated rings. The van der Waals surface area contributed by atoms with Gasteiger partial charge in [-0.15, -0.1) is 12.4 Å². The first kappa shape index (κ1) is 16.2. The predicted molar refractivity (Wildman–Crippen MR) is 79.3 cm³/mol. The Morgan fingerprint density at radius 1 is 1.42 bits per heavy atom. The monoisotopic (exact) mass is 304 g/mol. The number of hydrogen-bond donors (Lipinski definition) is 1. The number of ether oxygens (including phenoxy) is 1. The quantitative estimate of drug-likeness (QED) is 0.932. The molecule has 0 unspecified atom stereocenters. The average Bonchev–Trinajstić information content (AvgIpc) is 2.35. The van der Waals surface area contributed by atoms with Crippen LogP contribution in [-0.4, -0.2) is 43.7 Å².